The highest BCUT2D eigenvalue weighted by molar-refractivity contribution is 5.37. The average Bonchev–Trinajstić information content (AvgIpc) is 2.90. The summed E-state index contributed by atoms with van der Waals surface area (Å²) in [5.41, 5.74) is 3.13. The van der Waals surface area contributed by atoms with E-state index in [9.17, 15) is 0 Å². The molecule has 0 heterocycles. The molecule has 2 atom stereocenters. The molecule has 1 nitrogen and oxygen atoms in total. The van der Waals surface area contributed by atoms with E-state index in [4.69, 9.17) is 0 Å². The molecule has 0 amide bonds. The zero-order valence-electron chi connectivity index (χ0n) is 10.1. The van der Waals surface area contributed by atoms with Gasteiger partial charge in [0.05, 0.1) is 0 Å². The minimum atomic E-state index is 0.681. The first kappa shape index (κ1) is 10.3. The van der Waals surface area contributed by atoms with E-state index < -0.39 is 0 Å². The number of fused-ring (bicyclic) bond motifs is 1. The topological polar surface area (TPSA) is 12.0 Å². The normalized spacial score (nSPS) is 29.6. The molecule has 0 aromatic heterocycles. The van der Waals surface area contributed by atoms with Crippen molar-refractivity contribution in [3.8, 4) is 0 Å². The predicted octanol–water partition coefficient (Wildman–Crippen LogP) is 3.25. The van der Waals surface area contributed by atoms with E-state index in [0.29, 0.717) is 12.0 Å². The molecule has 0 radical (unpaired) electrons. The number of hydrogen-bond donors (Lipinski definition) is 1. The molecule has 1 heteroatoms. The van der Waals surface area contributed by atoms with Crippen LogP contribution < -0.4 is 5.32 Å². The largest absolute Gasteiger partial charge is 0.310 e. The van der Waals surface area contributed by atoms with Crippen molar-refractivity contribution in [1.82, 2.24) is 5.32 Å². The predicted molar refractivity (Wildman–Crippen MR) is 67.7 cm³/mol. The van der Waals surface area contributed by atoms with Gasteiger partial charge in [-0.05, 0) is 36.3 Å². The minimum absolute atomic E-state index is 0.681. The van der Waals surface area contributed by atoms with Crippen molar-refractivity contribution in [2.75, 3.05) is 0 Å². The smallest absolute Gasteiger partial charge is 0.0176 e. The van der Waals surface area contributed by atoms with Crippen LogP contribution in [-0.4, -0.2) is 12.1 Å². The van der Waals surface area contributed by atoms with Crippen molar-refractivity contribution in [2.24, 2.45) is 0 Å². The summed E-state index contributed by atoms with van der Waals surface area (Å²) in [5, 5.41) is 3.87. The van der Waals surface area contributed by atoms with E-state index in [1.54, 1.807) is 11.1 Å². The van der Waals surface area contributed by atoms with Gasteiger partial charge in [-0.3, -0.25) is 0 Å². The SMILES string of the molecule is CC1c2ccccc2C[C@@H]1NC1CCCC1. The molecule has 1 N–H and O–H groups in total. The number of benzene rings is 1. The maximum atomic E-state index is 3.87. The zero-order valence-corrected chi connectivity index (χ0v) is 10.1. The molecule has 0 spiro atoms. The van der Waals surface area contributed by atoms with Crippen molar-refractivity contribution in [2.45, 2.75) is 57.0 Å². The van der Waals surface area contributed by atoms with Crippen molar-refractivity contribution in [3.63, 3.8) is 0 Å². The van der Waals surface area contributed by atoms with Gasteiger partial charge in [0, 0.05) is 12.1 Å². The molecule has 1 saturated carbocycles. The second kappa shape index (κ2) is 4.21. The molecule has 3 rings (SSSR count). The summed E-state index contributed by atoms with van der Waals surface area (Å²) in [7, 11) is 0. The lowest BCUT2D eigenvalue weighted by Gasteiger charge is -2.22. The number of hydrogen-bond acceptors (Lipinski definition) is 1. The molecule has 1 aromatic carbocycles. The fourth-order valence-corrected chi connectivity index (χ4v) is 3.39. The third-order valence-corrected chi connectivity index (χ3v) is 4.39. The van der Waals surface area contributed by atoms with Crippen LogP contribution in [0.1, 0.15) is 49.7 Å². The highest BCUT2D eigenvalue weighted by Gasteiger charge is 2.30. The second-order valence-corrected chi connectivity index (χ2v) is 5.45. The molecule has 0 aliphatic heterocycles. The Bertz CT molecular complexity index is 365. The van der Waals surface area contributed by atoms with Gasteiger partial charge >= 0.3 is 0 Å². The Kier molecular flexibility index (Phi) is 2.72. The lowest BCUT2D eigenvalue weighted by Crippen LogP contribution is -2.38. The summed E-state index contributed by atoms with van der Waals surface area (Å²) in [5.74, 6) is 0.691. The quantitative estimate of drug-likeness (QED) is 0.798. The van der Waals surface area contributed by atoms with Gasteiger partial charge in [-0.25, -0.2) is 0 Å². The standard InChI is InChI=1S/C15H21N/c1-11-14-9-5-2-6-12(14)10-15(11)16-13-7-3-4-8-13/h2,5-6,9,11,13,15-16H,3-4,7-8,10H2,1H3/t11?,15-/m0/s1. The Balaban J connectivity index is 1.71. The molecule has 86 valence electrons. The van der Waals surface area contributed by atoms with Gasteiger partial charge in [-0.15, -0.1) is 0 Å². The monoisotopic (exact) mass is 215 g/mol. The van der Waals surface area contributed by atoms with Gasteiger partial charge < -0.3 is 5.32 Å². The fraction of sp³-hybridized carbons (Fsp3) is 0.600. The molecule has 1 fully saturated rings. The summed E-state index contributed by atoms with van der Waals surface area (Å²) in [6.45, 7) is 2.37. The van der Waals surface area contributed by atoms with Gasteiger partial charge in [0.1, 0.15) is 0 Å². The molecule has 2 aliphatic carbocycles. The lowest BCUT2D eigenvalue weighted by atomic mass is 10.00. The van der Waals surface area contributed by atoms with Crippen LogP contribution in [0, 0.1) is 0 Å². The maximum absolute atomic E-state index is 3.87. The summed E-state index contributed by atoms with van der Waals surface area (Å²) in [4.78, 5) is 0. The summed E-state index contributed by atoms with van der Waals surface area (Å²) in [6, 6.07) is 10.4. The Labute approximate surface area is 98.3 Å². The van der Waals surface area contributed by atoms with Crippen LogP contribution in [0.4, 0.5) is 0 Å². The third kappa shape index (κ3) is 1.78. The summed E-state index contributed by atoms with van der Waals surface area (Å²) < 4.78 is 0. The molecule has 2 aliphatic rings. The Morgan fingerprint density at radius 3 is 2.62 bits per heavy atom. The molecule has 0 bridgehead atoms. The zero-order chi connectivity index (χ0) is 11.0. The van der Waals surface area contributed by atoms with Crippen molar-refractivity contribution >= 4 is 0 Å². The third-order valence-electron chi connectivity index (χ3n) is 4.39. The van der Waals surface area contributed by atoms with E-state index in [1.165, 1.54) is 32.1 Å². The van der Waals surface area contributed by atoms with Crippen LogP contribution in [0.5, 0.6) is 0 Å². The lowest BCUT2D eigenvalue weighted by molar-refractivity contribution is 0.406. The molecular weight excluding hydrogens is 194 g/mol. The van der Waals surface area contributed by atoms with Crippen molar-refractivity contribution in [3.05, 3.63) is 35.4 Å². The van der Waals surface area contributed by atoms with Crippen LogP contribution in [0.3, 0.4) is 0 Å². The first-order valence-electron chi connectivity index (χ1n) is 6.68. The molecule has 16 heavy (non-hydrogen) atoms. The Morgan fingerprint density at radius 2 is 1.88 bits per heavy atom. The highest BCUT2D eigenvalue weighted by atomic mass is 15.0. The van der Waals surface area contributed by atoms with E-state index in [-0.39, 0.29) is 0 Å². The minimum Gasteiger partial charge on any atom is -0.310 e. The Hall–Kier alpha value is -0.820. The van der Waals surface area contributed by atoms with Gasteiger partial charge in [0.2, 0.25) is 0 Å². The van der Waals surface area contributed by atoms with E-state index in [0.717, 1.165) is 6.04 Å². The summed E-state index contributed by atoms with van der Waals surface area (Å²) in [6.07, 6.45) is 6.85. The van der Waals surface area contributed by atoms with Crippen molar-refractivity contribution < 1.29 is 0 Å². The summed E-state index contributed by atoms with van der Waals surface area (Å²) >= 11 is 0. The van der Waals surface area contributed by atoms with Crippen LogP contribution in [0.2, 0.25) is 0 Å². The maximum Gasteiger partial charge on any atom is 0.0176 e. The van der Waals surface area contributed by atoms with Crippen molar-refractivity contribution in [1.29, 1.82) is 0 Å². The first-order valence-corrected chi connectivity index (χ1v) is 6.68. The van der Waals surface area contributed by atoms with E-state index >= 15 is 0 Å². The molecule has 0 saturated heterocycles. The fourth-order valence-electron chi connectivity index (χ4n) is 3.39. The van der Waals surface area contributed by atoms with E-state index in [2.05, 4.69) is 36.5 Å². The second-order valence-electron chi connectivity index (χ2n) is 5.45. The number of rotatable bonds is 2. The Morgan fingerprint density at radius 1 is 1.12 bits per heavy atom. The molecule has 1 unspecified atom stereocenters. The molecule has 1 aromatic rings. The molecular formula is C15H21N. The van der Waals surface area contributed by atoms with Crippen LogP contribution in [0.25, 0.3) is 0 Å². The van der Waals surface area contributed by atoms with Crippen LogP contribution in [0.15, 0.2) is 24.3 Å². The highest BCUT2D eigenvalue weighted by Crippen LogP contribution is 2.33. The van der Waals surface area contributed by atoms with Gasteiger partial charge in [0.15, 0.2) is 0 Å². The van der Waals surface area contributed by atoms with Crippen LogP contribution >= 0.6 is 0 Å². The number of nitrogens with one attached hydrogen (secondary N) is 1. The first-order chi connectivity index (χ1) is 7.84. The van der Waals surface area contributed by atoms with Gasteiger partial charge in [0.25, 0.3) is 0 Å². The van der Waals surface area contributed by atoms with Gasteiger partial charge in [-0.2, -0.15) is 0 Å². The van der Waals surface area contributed by atoms with Gasteiger partial charge in [-0.1, -0.05) is 44.0 Å². The average molecular weight is 215 g/mol. The van der Waals surface area contributed by atoms with E-state index in [1.807, 2.05) is 0 Å². The van der Waals surface area contributed by atoms with Crippen LogP contribution in [-0.2, 0) is 6.42 Å².